The number of imide groups is 1. The number of benzene rings is 1. The second kappa shape index (κ2) is 11.1. The molecule has 0 saturated carbocycles. The Balaban J connectivity index is 1.81. The summed E-state index contributed by atoms with van der Waals surface area (Å²) in [6.07, 6.45) is 3.75. The molecule has 1 saturated heterocycles. The summed E-state index contributed by atoms with van der Waals surface area (Å²) in [6, 6.07) is 6.89. The number of rotatable bonds is 10. The lowest BCUT2D eigenvalue weighted by Crippen LogP contribution is -2.39. The van der Waals surface area contributed by atoms with Crippen molar-refractivity contribution >= 4 is 17.9 Å². The molecule has 1 aromatic carbocycles. The van der Waals surface area contributed by atoms with Crippen LogP contribution in [0.2, 0.25) is 0 Å². The maximum atomic E-state index is 13.0. The number of aliphatic hydroxyl groups is 3. The predicted octanol–water partition coefficient (Wildman–Crippen LogP) is 2.64. The number of carbonyl (C=O) groups excluding carboxylic acids is 2. The molecule has 7 heteroatoms. The van der Waals surface area contributed by atoms with E-state index in [2.05, 4.69) is 0 Å². The Kier molecular flexibility index (Phi) is 8.46. The van der Waals surface area contributed by atoms with E-state index in [4.69, 9.17) is 0 Å². The Morgan fingerprint density at radius 2 is 1.85 bits per heavy atom. The number of aliphatic hydroxyl groups excluding tert-OH is 3. The molecule has 2 amide bonds. The minimum atomic E-state index is -0.928. The van der Waals surface area contributed by atoms with Gasteiger partial charge < -0.3 is 20.4 Å². The molecule has 0 bridgehead atoms. The normalized spacial score (nSPS) is 24.5. The van der Waals surface area contributed by atoms with E-state index in [0.717, 1.165) is 17.6 Å². The van der Waals surface area contributed by atoms with E-state index in [0.29, 0.717) is 37.0 Å². The van der Waals surface area contributed by atoms with Gasteiger partial charge in [0.25, 0.3) is 0 Å². The fourth-order valence-electron chi connectivity index (χ4n) is 5.25. The molecule has 1 aliphatic carbocycles. The van der Waals surface area contributed by atoms with Gasteiger partial charge in [0.05, 0.1) is 31.2 Å². The van der Waals surface area contributed by atoms with Crippen LogP contribution in [0.1, 0.15) is 51.5 Å². The van der Waals surface area contributed by atoms with Gasteiger partial charge in [-0.05, 0) is 60.9 Å². The number of phenols is 1. The summed E-state index contributed by atoms with van der Waals surface area (Å²) < 4.78 is 0. The molecule has 0 radical (unpaired) electrons. The van der Waals surface area contributed by atoms with E-state index in [-0.39, 0.29) is 37.2 Å². The number of fused-ring (bicyclic) bond motifs is 1. The molecule has 1 aromatic rings. The number of hydrogen-bond donors (Lipinski definition) is 4. The Hall–Kier alpha value is -2.48. The molecular weight excluding hydrogens is 422 g/mol. The smallest absolute Gasteiger partial charge is 0.233 e. The molecule has 33 heavy (non-hydrogen) atoms. The summed E-state index contributed by atoms with van der Waals surface area (Å²) >= 11 is 0. The van der Waals surface area contributed by atoms with Crippen LogP contribution in [0.15, 0.2) is 41.0 Å². The van der Waals surface area contributed by atoms with Crippen molar-refractivity contribution in [3.8, 4) is 5.75 Å². The van der Waals surface area contributed by atoms with Crippen LogP contribution in [-0.4, -0.2) is 63.0 Å². The molecule has 3 rings (SSSR count). The van der Waals surface area contributed by atoms with Gasteiger partial charge in [-0.15, -0.1) is 0 Å². The second-order valence-corrected chi connectivity index (χ2v) is 8.97. The summed E-state index contributed by atoms with van der Waals surface area (Å²) in [5.74, 6) is -2.27. The molecule has 180 valence electrons. The van der Waals surface area contributed by atoms with Crippen molar-refractivity contribution in [1.82, 2.24) is 4.90 Å². The Morgan fingerprint density at radius 1 is 1.15 bits per heavy atom. The van der Waals surface area contributed by atoms with Gasteiger partial charge in [-0.3, -0.25) is 14.5 Å². The third kappa shape index (κ3) is 5.21. The number of phenolic OH excluding ortho intramolecular Hbond substituents is 1. The zero-order chi connectivity index (χ0) is 24.1. The number of likely N-dealkylation sites (tertiary alicyclic amines) is 1. The van der Waals surface area contributed by atoms with Crippen molar-refractivity contribution in [3.05, 3.63) is 46.5 Å². The van der Waals surface area contributed by atoms with Crippen molar-refractivity contribution in [2.75, 3.05) is 19.8 Å². The van der Waals surface area contributed by atoms with E-state index < -0.39 is 23.9 Å². The minimum Gasteiger partial charge on any atom is -0.508 e. The van der Waals surface area contributed by atoms with Gasteiger partial charge in [-0.25, -0.2) is 0 Å². The van der Waals surface area contributed by atoms with E-state index in [1.807, 2.05) is 32.1 Å². The summed E-state index contributed by atoms with van der Waals surface area (Å²) in [6.45, 7) is 3.60. The van der Waals surface area contributed by atoms with Gasteiger partial charge in [-0.2, -0.15) is 0 Å². The quantitative estimate of drug-likeness (QED) is 0.317. The van der Waals surface area contributed by atoms with Gasteiger partial charge in [0.15, 0.2) is 0 Å². The van der Waals surface area contributed by atoms with Crippen molar-refractivity contribution in [3.63, 3.8) is 0 Å². The largest absolute Gasteiger partial charge is 0.508 e. The first-order valence-electron chi connectivity index (χ1n) is 11.8. The van der Waals surface area contributed by atoms with Gasteiger partial charge in [0.2, 0.25) is 11.8 Å². The Bertz CT molecular complexity index is 919. The number of aromatic hydroxyl groups is 1. The first-order chi connectivity index (χ1) is 15.9. The van der Waals surface area contributed by atoms with E-state index >= 15 is 0 Å². The summed E-state index contributed by atoms with van der Waals surface area (Å²) in [5.41, 5.74) is 3.14. The van der Waals surface area contributed by atoms with E-state index in [1.165, 1.54) is 4.90 Å². The monoisotopic (exact) mass is 457 g/mol. The highest BCUT2D eigenvalue weighted by atomic mass is 16.3. The van der Waals surface area contributed by atoms with Crippen LogP contribution in [0.4, 0.5) is 0 Å². The van der Waals surface area contributed by atoms with Crippen LogP contribution in [0.5, 0.6) is 5.75 Å². The number of amides is 2. The predicted molar refractivity (Wildman–Crippen MR) is 125 cm³/mol. The van der Waals surface area contributed by atoms with Crippen molar-refractivity contribution in [2.45, 2.75) is 52.1 Å². The highest BCUT2D eigenvalue weighted by Gasteiger charge is 2.54. The highest BCUT2D eigenvalue weighted by Crippen LogP contribution is 2.46. The van der Waals surface area contributed by atoms with Gasteiger partial charge >= 0.3 is 0 Å². The van der Waals surface area contributed by atoms with Crippen LogP contribution in [0.3, 0.4) is 0 Å². The van der Waals surface area contributed by atoms with Gasteiger partial charge in [0.1, 0.15) is 5.75 Å². The maximum absolute atomic E-state index is 13.0. The average molecular weight is 458 g/mol. The van der Waals surface area contributed by atoms with Crippen LogP contribution in [0, 0.1) is 17.8 Å². The number of allylic oxidation sites excluding steroid dienone is 1. The average Bonchev–Trinajstić information content (AvgIpc) is 3.06. The topological polar surface area (TPSA) is 118 Å². The second-order valence-electron chi connectivity index (χ2n) is 8.97. The highest BCUT2D eigenvalue weighted by molar-refractivity contribution is 6.05. The molecule has 1 aliphatic heterocycles. The number of hydrogen-bond acceptors (Lipinski definition) is 6. The lowest BCUT2D eigenvalue weighted by atomic mass is 9.68. The summed E-state index contributed by atoms with van der Waals surface area (Å²) in [5, 5.41) is 40.8. The first-order valence-corrected chi connectivity index (χ1v) is 11.8. The van der Waals surface area contributed by atoms with E-state index in [9.17, 15) is 30.0 Å². The summed E-state index contributed by atoms with van der Waals surface area (Å²) in [7, 11) is 0. The zero-order valence-electron chi connectivity index (χ0n) is 19.4. The standard InChI is InChI=1S/C26H35NO6/c1-3-11-27-25(32)20-13-18(14-28)23(21(15-29)24(20)26(27)33)22(31)10-7-16(4-2)12-17-5-8-19(30)9-6-17/h5-6,8-9,12,20-22,24,28-31H,3-4,7,10-11,13-15H2,1-2H3/b16-12+/t20-,21+,22-,24-/m1/s1. The molecule has 1 heterocycles. The molecule has 2 aliphatic rings. The van der Waals surface area contributed by atoms with Crippen LogP contribution >= 0.6 is 0 Å². The van der Waals surface area contributed by atoms with Crippen LogP contribution in [0.25, 0.3) is 6.08 Å². The Morgan fingerprint density at radius 3 is 2.42 bits per heavy atom. The number of nitrogens with zero attached hydrogens (tertiary/aromatic N) is 1. The van der Waals surface area contributed by atoms with Crippen molar-refractivity contribution in [2.24, 2.45) is 17.8 Å². The molecule has 4 N–H and O–H groups in total. The maximum Gasteiger partial charge on any atom is 0.233 e. The molecule has 1 fully saturated rings. The molecule has 0 aromatic heterocycles. The lowest BCUT2D eigenvalue weighted by Gasteiger charge is -2.36. The van der Waals surface area contributed by atoms with Gasteiger partial charge in [0, 0.05) is 12.5 Å². The zero-order valence-corrected chi connectivity index (χ0v) is 19.4. The molecular formula is C26H35NO6. The number of carbonyl (C=O) groups is 2. The molecule has 7 nitrogen and oxygen atoms in total. The van der Waals surface area contributed by atoms with Crippen LogP contribution < -0.4 is 0 Å². The molecule has 4 atom stereocenters. The molecule has 0 unspecified atom stereocenters. The fraction of sp³-hybridized carbons (Fsp3) is 0.538. The Labute approximate surface area is 195 Å². The third-order valence-corrected chi connectivity index (χ3v) is 6.93. The summed E-state index contributed by atoms with van der Waals surface area (Å²) in [4.78, 5) is 27.1. The van der Waals surface area contributed by atoms with Crippen molar-refractivity contribution in [1.29, 1.82) is 0 Å². The van der Waals surface area contributed by atoms with E-state index in [1.54, 1.807) is 12.1 Å². The minimum absolute atomic E-state index is 0.201. The van der Waals surface area contributed by atoms with Gasteiger partial charge in [-0.1, -0.05) is 37.6 Å². The molecule has 0 spiro atoms. The third-order valence-electron chi connectivity index (χ3n) is 6.93. The van der Waals surface area contributed by atoms with Crippen molar-refractivity contribution < 1.29 is 30.0 Å². The SMILES string of the molecule is CCCN1C(=O)[C@@H]2[C@@H](CC(CO)=C([C@H](O)CC/C(=C/c3ccc(O)cc3)CC)[C@@H]2CO)C1=O. The fourth-order valence-corrected chi connectivity index (χ4v) is 5.25. The lowest BCUT2D eigenvalue weighted by molar-refractivity contribution is -0.140. The first kappa shape index (κ1) is 25.1. The van der Waals surface area contributed by atoms with Crippen LogP contribution in [-0.2, 0) is 9.59 Å².